The number of hydrogen-bond donors (Lipinski definition) is 0. The van der Waals surface area contributed by atoms with E-state index < -0.39 is 6.19 Å². The molecule has 0 saturated carbocycles. The van der Waals surface area contributed by atoms with Gasteiger partial charge in [0.2, 0.25) is 0 Å². The van der Waals surface area contributed by atoms with Crippen LogP contribution in [0.1, 0.15) is 0 Å². The van der Waals surface area contributed by atoms with Crippen LogP contribution in [0.2, 0.25) is 0 Å². The molecule has 6 heteroatoms. The fourth-order valence-electron chi connectivity index (χ4n) is 8.96. The quantitative estimate of drug-likeness (QED) is 0.102. The molecule has 8 aromatic carbocycles. The zero-order valence-electron chi connectivity index (χ0n) is 30.0. The second-order valence-corrected chi connectivity index (χ2v) is 18.7. The van der Waals surface area contributed by atoms with Gasteiger partial charge in [-0.3, -0.25) is 9.38 Å². The molecule has 0 amide bonds. The molecule has 4 heterocycles. The Morgan fingerprint density at radius 2 is 1.11 bits per heavy atom. The maximum Gasteiger partial charge on any atom is 0.147 e. The first-order valence-corrected chi connectivity index (χ1v) is 21.6. The Morgan fingerprint density at radius 1 is 0.446 bits per heavy atom. The van der Waals surface area contributed by atoms with Gasteiger partial charge in [-0.25, -0.2) is 4.98 Å². The van der Waals surface area contributed by atoms with Gasteiger partial charge in [0.15, 0.2) is 0 Å². The minimum atomic E-state index is -2.61. The van der Waals surface area contributed by atoms with Crippen LogP contribution < -0.4 is 10.6 Å². The Kier molecular flexibility index (Phi) is 6.74. The van der Waals surface area contributed by atoms with Gasteiger partial charge in [-0.05, 0) is 75.5 Å². The first-order chi connectivity index (χ1) is 27.6. The van der Waals surface area contributed by atoms with Crippen LogP contribution in [0.25, 0.3) is 93.0 Å². The van der Waals surface area contributed by atoms with E-state index in [4.69, 9.17) is 21.8 Å². The molecule has 0 aliphatic heterocycles. The third kappa shape index (κ3) is 4.44. The summed E-state index contributed by atoms with van der Waals surface area (Å²) in [4.78, 5) is 10.5. The minimum absolute atomic E-state index is 0.892. The maximum atomic E-state index is 6.95. The van der Waals surface area contributed by atoms with E-state index in [1.807, 2.05) is 6.20 Å². The summed E-state index contributed by atoms with van der Waals surface area (Å²) in [6.07, 6.45) is -0.591. The Hall–Kier alpha value is -6.65. The van der Waals surface area contributed by atoms with E-state index in [1.54, 1.807) is 0 Å². The molecule has 0 spiro atoms. The summed E-state index contributed by atoms with van der Waals surface area (Å²) in [5.74, 6) is 0. The highest BCUT2D eigenvalue weighted by Crippen LogP contribution is 2.51. The van der Waals surface area contributed by atoms with Gasteiger partial charge in [0.1, 0.15) is 5.65 Å². The molecule has 4 aromatic heterocycles. The van der Waals surface area contributed by atoms with Crippen molar-refractivity contribution < 1.29 is 0 Å². The largest absolute Gasteiger partial charge is 0.304 e. The van der Waals surface area contributed by atoms with Gasteiger partial charge < -0.3 is 4.34 Å². The molecule has 0 saturated heterocycles. The zero-order valence-corrected chi connectivity index (χ0v) is 31.8. The number of pyridine rings is 2. The number of imidazole rings is 1. The van der Waals surface area contributed by atoms with E-state index in [2.05, 4.69) is 191 Å². The first kappa shape index (κ1) is 31.7. The van der Waals surface area contributed by atoms with Crippen LogP contribution in [0.3, 0.4) is 0 Å². The van der Waals surface area contributed by atoms with Gasteiger partial charge in [-0.1, -0.05) is 145 Å². The number of fused-ring (bicyclic) bond motifs is 14. The normalized spacial score (nSPS) is 13.2. The molecule has 56 heavy (non-hydrogen) atoms. The number of nitrogens with zero attached hydrogens (tertiary/aromatic N) is 4. The number of rotatable bonds is 4. The molecule has 1 unspecified atom stereocenters. The fraction of sp³-hybridized carbons (Fsp3) is 0. The van der Waals surface area contributed by atoms with Gasteiger partial charge >= 0.3 is 0 Å². The summed E-state index contributed by atoms with van der Waals surface area (Å²) >= 11 is 6.95. The van der Waals surface area contributed by atoms with Crippen LogP contribution in [0.4, 0.5) is 0 Å². The fourth-order valence-corrected chi connectivity index (χ4v) is 13.0. The molecule has 0 radical (unpaired) electrons. The van der Waals surface area contributed by atoms with Crippen molar-refractivity contribution in [2.75, 3.05) is 0 Å². The second-order valence-electron chi connectivity index (χ2n) is 14.6. The van der Waals surface area contributed by atoms with Gasteiger partial charge in [0, 0.05) is 43.9 Å². The van der Waals surface area contributed by atoms with E-state index in [1.165, 1.54) is 48.5 Å². The minimum Gasteiger partial charge on any atom is -0.304 e. The summed E-state index contributed by atoms with van der Waals surface area (Å²) in [5, 5.41) is 13.0. The van der Waals surface area contributed by atoms with Crippen LogP contribution in [0.15, 0.2) is 188 Å². The molecular formula is C50H31N4PS. The molecule has 12 rings (SSSR count). The van der Waals surface area contributed by atoms with Gasteiger partial charge in [0.05, 0.1) is 39.5 Å². The molecule has 0 N–H and O–H groups in total. The van der Waals surface area contributed by atoms with Gasteiger partial charge in [-0.2, -0.15) is 0 Å². The van der Waals surface area contributed by atoms with E-state index in [0.29, 0.717) is 0 Å². The van der Waals surface area contributed by atoms with Crippen molar-refractivity contribution in [2.24, 2.45) is 0 Å². The van der Waals surface area contributed by atoms with E-state index in [9.17, 15) is 0 Å². The lowest BCUT2D eigenvalue weighted by atomic mass is 9.98. The molecule has 262 valence electrons. The SMILES string of the molecule is S=P(c1ccccc1)(c1ccc(-c2ccc3nc4c5c6ccccc6ccc5c5cc6ccccc6cc5n4c3c2)nc1)n1c2ccccc2c2ccccc21. The summed E-state index contributed by atoms with van der Waals surface area (Å²) < 4.78 is 4.79. The van der Waals surface area contributed by atoms with Crippen molar-refractivity contribution in [3.63, 3.8) is 0 Å². The molecular weight excluding hydrogens is 720 g/mol. The van der Waals surface area contributed by atoms with Crippen molar-refractivity contribution in [1.29, 1.82) is 0 Å². The van der Waals surface area contributed by atoms with Crippen molar-refractivity contribution in [3.05, 3.63) is 188 Å². The highest BCUT2D eigenvalue weighted by Gasteiger charge is 2.29. The smallest absolute Gasteiger partial charge is 0.147 e. The topological polar surface area (TPSA) is 35.1 Å². The van der Waals surface area contributed by atoms with Crippen molar-refractivity contribution in [3.8, 4) is 11.3 Å². The van der Waals surface area contributed by atoms with Crippen LogP contribution in [-0.4, -0.2) is 18.7 Å². The molecule has 4 nitrogen and oxygen atoms in total. The Labute approximate surface area is 327 Å². The highest BCUT2D eigenvalue weighted by atomic mass is 32.4. The van der Waals surface area contributed by atoms with E-state index >= 15 is 0 Å². The lowest BCUT2D eigenvalue weighted by Gasteiger charge is -2.27. The van der Waals surface area contributed by atoms with Crippen LogP contribution in [0, 0.1) is 0 Å². The Morgan fingerprint density at radius 3 is 1.84 bits per heavy atom. The third-order valence-corrected chi connectivity index (χ3v) is 16.2. The lowest BCUT2D eigenvalue weighted by Crippen LogP contribution is -2.21. The maximum absolute atomic E-state index is 6.95. The summed E-state index contributed by atoms with van der Waals surface area (Å²) in [5.41, 5.74) is 8.31. The van der Waals surface area contributed by atoms with Crippen LogP contribution >= 0.6 is 6.19 Å². The number of para-hydroxylation sites is 2. The summed E-state index contributed by atoms with van der Waals surface area (Å²) in [7, 11) is 0. The number of benzene rings is 8. The summed E-state index contributed by atoms with van der Waals surface area (Å²) in [6.45, 7) is 0. The number of hydrogen-bond acceptors (Lipinski definition) is 3. The lowest BCUT2D eigenvalue weighted by molar-refractivity contribution is 1.31. The monoisotopic (exact) mass is 750 g/mol. The van der Waals surface area contributed by atoms with E-state index in [0.717, 1.165) is 55.1 Å². The molecule has 0 aliphatic carbocycles. The molecule has 12 aromatic rings. The van der Waals surface area contributed by atoms with Crippen LogP contribution in [0.5, 0.6) is 0 Å². The summed E-state index contributed by atoms with van der Waals surface area (Å²) in [6, 6.07) is 65.1. The third-order valence-electron chi connectivity index (χ3n) is 11.5. The van der Waals surface area contributed by atoms with Crippen LogP contribution in [-0.2, 0) is 11.8 Å². The number of aromatic nitrogens is 4. The van der Waals surface area contributed by atoms with Gasteiger partial charge in [-0.15, -0.1) is 0 Å². The van der Waals surface area contributed by atoms with E-state index in [-0.39, 0.29) is 0 Å². The molecule has 1 atom stereocenters. The Bertz CT molecular complexity index is 3570. The highest BCUT2D eigenvalue weighted by molar-refractivity contribution is 8.21. The van der Waals surface area contributed by atoms with Gasteiger partial charge in [0.25, 0.3) is 0 Å². The second kappa shape index (κ2) is 11.9. The molecule has 0 aliphatic rings. The zero-order chi connectivity index (χ0) is 37.0. The molecule has 0 fully saturated rings. The average Bonchev–Trinajstić information content (AvgIpc) is 3.82. The standard InChI is InChI=1S/C50H31N4PS/c56-55(36-15-2-1-3-16-36,54-45-20-10-8-18-39(45)40-19-9-11-21-46(40)54)37-24-27-43(51-31-37)35-23-26-44-48(30-35)53-47-29-34-14-5-4-13-33(34)28-42(47)41-25-22-32-12-6-7-17-38(32)49(41)50(53)52-44/h1-31H. The van der Waals surface area contributed by atoms with Crippen molar-refractivity contribution in [2.45, 2.75) is 0 Å². The van der Waals surface area contributed by atoms with Crippen molar-refractivity contribution >= 4 is 110 Å². The van der Waals surface area contributed by atoms with Crippen molar-refractivity contribution in [1.82, 2.24) is 18.7 Å². The predicted octanol–water partition coefficient (Wildman–Crippen LogP) is 12.2. The Balaban J connectivity index is 1.08. The molecule has 0 bridgehead atoms. The average molecular weight is 751 g/mol. The predicted molar refractivity (Wildman–Crippen MR) is 241 cm³/mol. The first-order valence-electron chi connectivity index (χ1n) is 18.8.